The number of hydrogen-bond donors (Lipinski definition) is 1. The Kier molecular flexibility index (Phi) is 15.4. The summed E-state index contributed by atoms with van der Waals surface area (Å²) in [6.45, 7) is 10.1. The summed E-state index contributed by atoms with van der Waals surface area (Å²) in [5, 5.41) is 9.61. The number of aliphatic hydroxyl groups is 1. The van der Waals surface area contributed by atoms with E-state index >= 15 is 0 Å². The zero-order valence-electron chi connectivity index (χ0n) is 17.8. The van der Waals surface area contributed by atoms with Crippen molar-refractivity contribution in [3.05, 3.63) is 65.7 Å². The maximum absolute atomic E-state index is 9.61. The Hall–Kier alpha value is -1.74. The highest BCUT2D eigenvalue weighted by Crippen LogP contribution is 2.34. The molecule has 148 valence electrons. The monoisotopic (exact) mass is 368 g/mol. The summed E-state index contributed by atoms with van der Waals surface area (Å²) < 4.78 is 5.90. The van der Waals surface area contributed by atoms with Gasteiger partial charge >= 0.3 is 0 Å². The molecule has 0 amide bonds. The molecule has 3 rings (SSSR count). The molecule has 1 aliphatic rings. The lowest BCUT2D eigenvalue weighted by molar-refractivity contribution is 0.122. The van der Waals surface area contributed by atoms with E-state index in [4.69, 9.17) is 4.74 Å². The van der Waals surface area contributed by atoms with E-state index in [1.54, 1.807) is 0 Å². The number of rotatable bonds is 4. The molecule has 27 heavy (non-hydrogen) atoms. The van der Waals surface area contributed by atoms with Crippen LogP contribution in [0.25, 0.3) is 0 Å². The predicted molar refractivity (Wildman–Crippen MR) is 119 cm³/mol. The van der Waals surface area contributed by atoms with Crippen LogP contribution >= 0.6 is 0 Å². The fourth-order valence-corrected chi connectivity index (χ4v) is 3.01. The third kappa shape index (κ3) is 9.67. The second-order valence-electron chi connectivity index (χ2n) is 5.85. The predicted octanol–water partition coefficient (Wildman–Crippen LogP) is 6.54. The summed E-state index contributed by atoms with van der Waals surface area (Å²) in [6, 6.07) is 18.7. The van der Waals surface area contributed by atoms with Crippen molar-refractivity contribution in [2.24, 2.45) is 0 Å². The molecule has 0 atom stereocenters. The van der Waals surface area contributed by atoms with Gasteiger partial charge in [0.1, 0.15) is 12.4 Å². The van der Waals surface area contributed by atoms with Gasteiger partial charge in [0, 0.05) is 0 Å². The smallest absolute Gasteiger partial charge is 0.120 e. The zero-order chi connectivity index (χ0) is 20.5. The molecule has 0 saturated heterocycles. The van der Waals surface area contributed by atoms with Crippen LogP contribution in [0.5, 0.6) is 5.75 Å². The molecule has 0 unspecified atom stereocenters. The average molecular weight is 368 g/mol. The van der Waals surface area contributed by atoms with Crippen LogP contribution in [0, 0.1) is 0 Å². The van der Waals surface area contributed by atoms with E-state index in [1.165, 1.54) is 17.9 Å². The summed E-state index contributed by atoms with van der Waals surface area (Å²) >= 11 is 0. The van der Waals surface area contributed by atoms with Crippen LogP contribution in [0.4, 0.5) is 0 Å². The van der Waals surface area contributed by atoms with E-state index in [9.17, 15) is 5.11 Å². The first-order valence-electron chi connectivity index (χ1n) is 10.3. The minimum absolute atomic E-state index is 0.0984. The van der Waals surface area contributed by atoms with Gasteiger partial charge in [-0.1, -0.05) is 77.0 Å². The molecule has 3 heteroatoms. The van der Waals surface area contributed by atoms with E-state index in [-0.39, 0.29) is 6.10 Å². The Morgan fingerprint density at radius 3 is 2.04 bits per heavy atom. The minimum atomic E-state index is -0.0984. The molecular weight excluding hydrogens is 331 g/mol. The highest BCUT2D eigenvalue weighted by atomic mass is 16.5. The van der Waals surface area contributed by atoms with Crippen LogP contribution in [-0.2, 0) is 6.61 Å². The Labute approximate surface area is 168 Å². The van der Waals surface area contributed by atoms with Gasteiger partial charge in [0.25, 0.3) is 0 Å². The van der Waals surface area contributed by atoms with Crippen molar-refractivity contribution in [2.45, 2.75) is 78.8 Å². The normalized spacial score (nSPS) is 17.7. The third-order valence-electron chi connectivity index (χ3n) is 4.27. The van der Waals surface area contributed by atoms with Crippen molar-refractivity contribution in [1.29, 1.82) is 0 Å². The van der Waals surface area contributed by atoms with Gasteiger partial charge in [0.05, 0.1) is 14.0 Å². The second-order valence-corrected chi connectivity index (χ2v) is 5.85. The van der Waals surface area contributed by atoms with E-state index < -0.39 is 0 Å². The standard InChI is InChI=1S/C19H22O2.2C2H6.CH3B/c20-18-11-9-16(10-12-18)17-7-4-8-19(13-17)21-14-15-5-2-1-3-6-15;3*1-2/h1-8,13,16,18,20H,9-12,14H2;2*1-2H3;1H3. The van der Waals surface area contributed by atoms with Crippen molar-refractivity contribution < 1.29 is 9.84 Å². The van der Waals surface area contributed by atoms with Gasteiger partial charge in [-0.3, -0.25) is 0 Å². The highest BCUT2D eigenvalue weighted by Gasteiger charge is 2.20. The molecule has 0 bridgehead atoms. The van der Waals surface area contributed by atoms with Crippen LogP contribution in [-0.4, -0.2) is 19.1 Å². The zero-order valence-corrected chi connectivity index (χ0v) is 17.8. The Balaban J connectivity index is 0.00000103. The highest BCUT2D eigenvalue weighted by molar-refractivity contribution is 6.05. The summed E-state index contributed by atoms with van der Waals surface area (Å²) in [7, 11) is 4.50. The Morgan fingerprint density at radius 2 is 1.44 bits per heavy atom. The van der Waals surface area contributed by atoms with E-state index in [0.717, 1.165) is 31.4 Å². The summed E-state index contributed by atoms with van der Waals surface area (Å²) in [5.74, 6) is 1.50. The van der Waals surface area contributed by atoms with E-state index in [2.05, 4.69) is 38.2 Å². The first kappa shape index (κ1) is 25.3. The van der Waals surface area contributed by atoms with Crippen molar-refractivity contribution in [1.82, 2.24) is 0 Å². The summed E-state index contributed by atoms with van der Waals surface area (Å²) in [6.07, 6.45) is 3.88. The molecular formula is C24H37BO2. The van der Waals surface area contributed by atoms with Crippen LogP contribution < -0.4 is 4.74 Å². The molecule has 0 aliphatic heterocycles. The summed E-state index contributed by atoms with van der Waals surface area (Å²) in [4.78, 5) is 0. The molecule has 1 aliphatic carbocycles. The fourth-order valence-electron chi connectivity index (χ4n) is 3.01. The number of ether oxygens (including phenoxy) is 1. The number of hydrogen-bond acceptors (Lipinski definition) is 2. The molecule has 1 saturated carbocycles. The van der Waals surface area contributed by atoms with Gasteiger partial charge in [-0.15, -0.1) is 0 Å². The minimum Gasteiger partial charge on any atom is -0.489 e. The van der Waals surface area contributed by atoms with Crippen molar-refractivity contribution in [2.75, 3.05) is 0 Å². The van der Waals surface area contributed by atoms with Crippen molar-refractivity contribution in [3.63, 3.8) is 0 Å². The molecule has 1 N–H and O–H groups in total. The molecule has 2 radical (unpaired) electrons. The van der Waals surface area contributed by atoms with Crippen LogP contribution in [0.3, 0.4) is 0 Å². The van der Waals surface area contributed by atoms with Crippen LogP contribution in [0.15, 0.2) is 54.6 Å². The van der Waals surface area contributed by atoms with Crippen molar-refractivity contribution >= 4 is 7.85 Å². The Bertz CT molecular complexity index is 564. The fraction of sp³-hybridized carbons (Fsp3) is 0.500. The maximum Gasteiger partial charge on any atom is 0.120 e. The third-order valence-corrected chi connectivity index (χ3v) is 4.27. The average Bonchev–Trinajstić information content (AvgIpc) is 2.78. The largest absolute Gasteiger partial charge is 0.489 e. The molecule has 0 aromatic heterocycles. The topological polar surface area (TPSA) is 29.5 Å². The molecule has 1 fully saturated rings. The van der Waals surface area contributed by atoms with Gasteiger partial charge in [-0.2, -0.15) is 0 Å². The first-order valence-corrected chi connectivity index (χ1v) is 10.3. The van der Waals surface area contributed by atoms with Gasteiger partial charge in [0.2, 0.25) is 0 Å². The lowest BCUT2D eigenvalue weighted by atomic mass is 9.83. The Morgan fingerprint density at radius 1 is 0.852 bits per heavy atom. The van der Waals surface area contributed by atoms with Gasteiger partial charge in [0.15, 0.2) is 0 Å². The number of aliphatic hydroxyl groups excluding tert-OH is 1. The van der Waals surface area contributed by atoms with Crippen LogP contribution in [0.1, 0.15) is 70.4 Å². The van der Waals surface area contributed by atoms with Gasteiger partial charge in [-0.25, -0.2) is 0 Å². The van der Waals surface area contributed by atoms with Gasteiger partial charge < -0.3 is 9.84 Å². The lowest BCUT2D eigenvalue weighted by Crippen LogP contribution is -2.16. The molecule has 0 spiro atoms. The van der Waals surface area contributed by atoms with E-state index in [0.29, 0.717) is 12.5 Å². The molecule has 0 heterocycles. The summed E-state index contributed by atoms with van der Waals surface area (Å²) in [5.41, 5.74) is 2.52. The lowest BCUT2D eigenvalue weighted by Gasteiger charge is -2.25. The quantitative estimate of drug-likeness (QED) is 0.621. The molecule has 2 nitrogen and oxygen atoms in total. The van der Waals surface area contributed by atoms with Gasteiger partial charge in [-0.05, 0) is 54.9 Å². The first-order chi connectivity index (χ1) is 13.3. The number of benzene rings is 2. The molecule has 2 aromatic carbocycles. The van der Waals surface area contributed by atoms with Crippen molar-refractivity contribution in [3.8, 4) is 5.75 Å². The SMILES string of the molecule is CC.CC.OC1CCC(c2cccc(OCc3ccccc3)c2)CC1.[B]C. The second kappa shape index (κ2) is 16.4. The van der Waals surface area contributed by atoms with Crippen LogP contribution in [0.2, 0.25) is 6.82 Å². The molecule has 2 aromatic rings. The van der Waals surface area contributed by atoms with E-state index in [1.807, 2.05) is 52.0 Å². The maximum atomic E-state index is 9.61.